The van der Waals surface area contributed by atoms with E-state index in [1.807, 2.05) is 30.3 Å². The van der Waals surface area contributed by atoms with Crippen molar-refractivity contribution in [1.29, 1.82) is 0 Å². The van der Waals surface area contributed by atoms with Gasteiger partial charge >= 0.3 is 5.97 Å². The Kier molecular flexibility index (Phi) is 5.31. The summed E-state index contributed by atoms with van der Waals surface area (Å²) in [7, 11) is 2.90. The molecule has 0 saturated carbocycles. The third-order valence-corrected chi connectivity index (χ3v) is 3.49. The Labute approximate surface area is 129 Å². The number of methoxy groups -OCH3 is 2. The lowest BCUT2D eigenvalue weighted by Gasteiger charge is -2.14. The molecule has 4 heteroatoms. The van der Waals surface area contributed by atoms with Gasteiger partial charge in [-0.2, -0.15) is 0 Å². The molecule has 0 aliphatic heterocycles. The van der Waals surface area contributed by atoms with Crippen LogP contribution < -0.4 is 4.74 Å². The Bertz CT molecular complexity index is 632. The monoisotopic (exact) mass is 298 g/mol. The van der Waals surface area contributed by atoms with Gasteiger partial charge in [-0.05, 0) is 29.8 Å². The van der Waals surface area contributed by atoms with Gasteiger partial charge in [0, 0.05) is 12.0 Å². The van der Waals surface area contributed by atoms with Gasteiger partial charge in [0.25, 0.3) is 0 Å². The van der Waals surface area contributed by atoms with E-state index in [4.69, 9.17) is 9.47 Å². The van der Waals surface area contributed by atoms with Crippen molar-refractivity contribution in [3.63, 3.8) is 0 Å². The predicted molar refractivity (Wildman–Crippen MR) is 83.1 cm³/mol. The average molecular weight is 298 g/mol. The maximum Gasteiger partial charge on any atom is 0.313 e. The van der Waals surface area contributed by atoms with Gasteiger partial charge in [0.1, 0.15) is 5.75 Å². The van der Waals surface area contributed by atoms with Crippen LogP contribution >= 0.6 is 0 Å². The highest BCUT2D eigenvalue weighted by atomic mass is 16.5. The van der Waals surface area contributed by atoms with Gasteiger partial charge in [-0.3, -0.25) is 9.59 Å². The molecule has 0 saturated heterocycles. The fourth-order valence-corrected chi connectivity index (χ4v) is 2.25. The van der Waals surface area contributed by atoms with Crippen molar-refractivity contribution in [2.75, 3.05) is 14.2 Å². The SMILES string of the molecule is COC(=O)[C@H](CC(=O)c1ccc(OC)cc1)c1ccccc1. The number of hydrogen-bond acceptors (Lipinski definition) is 4. The fourth-order valence-electron chi connectivity index (χ4n) is 2.25. The first-order chi connectivity index (χ1) is 10.7. The molecular formula is C18H18O4. The van der Waals surface area contributed by atoms with Crippen molar-refractivity contribution in [2.45, 2.75) is 12.3 Å². The normalized spacial score (nSPS) is 11.5. The standard InChI is InChI=1S/C18H18O4/c1-21-15-10-8-14(9-11-15)17(19)12-16(18(20)22-2)13-6-4-3-5-7-13/h3-11,16H,12H2,1-2H3/t16-/m1/s1. The zero-order valence-corrected chi connectivity index (χ0v) is 12.6. The van der Waals surface area contributed by atoms with Crippen molar-refractivity contribution >= 4 is 11.8 Å². The third-order valence-electron chi connectivity index (χ3n) is 3.49. The van der Waals surface area contributed by atoms with E-state index in [0.29, 0.717) is 11.3 Å². The first kappa shape index (κ1) is 15.8. The minimum absolute atomic E-state index is 0.0724. The van der Waals surface area contributed by atoms with Crippen LogP contribution in [0.4, 0.5) is 0 Å². The molecule has 2 aromatic rings. The summed E-state index contributed by atoms with van der Waals surface area (Å²) in [6.07, 6.45) is 0.0724. The number of ether oxygens (including phenoxy) is 2. The van der Waals surface area contributed by atoms with E-state index in [2.05, 4.69) is 0 Å². The van der Waals surface area contributed by atoms with Crippen LogP contribution in [0.5, 0.6) is 5.75 Å². The molecule has 0 aliphatic rings. The number of hydrogen-bond donors (Lipinski definition) is 0. The maximum atomic E-state index is 12.4. The summed E-state index contributed by atoms with van der Waals surface area (Å²) in [5.74, 6) is -0.431. The fraction of sp³-hybridized carbons (Fsp3) is 0.222. The predicted octanol–water partition coefficient (Wildman–Crippen LogP) is 3.22. The van der Waals surface area contributed by atoms with E-state index in [1.54, 1.807) is 31.4 Å². The molecule has 0 aliphatic carbocycles. The number of benzene rings is 2. The highest BCUT2D eigenvalue weighted by molar-refractivity contribution is 5.99. The molecule has 114 valence electrons. The van der Waals surface area contributed by atoms with Crippen LogP contribution in [0.25, 0.3) is 0 Å². The Morgan fingerprint density at radius 1 is 0.955 bits per heavy atom. The van der Waals surface area contributed by atoms with Gasteiger partial charge in [-0.1, -0.05) is 30.3 Å². The lowest BCUT2D eigenvalue weighted by Crippen LogP contribution is -2.18. The first-order valence-corrected chi connectivity index (χ1v) is 6.95. The molecule has 0 aromatic heterocycles. The molecule has 1 atom stereocenters. The lowest BCUT2D eigenvalue weighted by molar-refractivity contribution is -0.142. The van der Waals surface area contributed by atoms with Crippen LogP contribution in [0.15, 0.2) is 54.6 Å². The molecule has 0 spiro atoms. The first-order valence-electron chi connectivity index (χ1n) is 6.95. The molecule has 4 nitrogen and oxygen atoms in total. The zero-order chi connectivity index (χ0) is 15.9. The molecule has 2 rings (SSSR count). The van der Waals surface area contributed by atoms with Gasteiger partial charge in [-0.25, -0.2) is 0 Å². The van der Waals surface area contributed by atoms with E-state index in [1.165, 1.54) is 7.11 Å². The summed E-state index contributed by atoms with van der Waals surface area (Å²) < 4.78 is 9.90. The quantitative estimate of drug-likeness (QED) is 0.607. The second-order valence-electron chi connectivity index (χ2n) is 4.84. The summed E-state index contributed by atoms with van der Waals surface area (Å²) in [6.45, 7) is 0. The second-order valence-corrected chi connectivity index (χ2v) is 4.84. The van der Waals surface area contributed by atoms with Crippen LogP contribution in [0.3, 0.4) is 0 Å². The molecule has 0 amide bonds. The van der Waals surface area contributed by atoms with E-state index in [9.17, 15) is 9.59 Å². The Morgan fingerprint density at radius 3 is 2.14 bits per heavy atom. The summed E-state index contributed by atoms with van der Waals surface area (Å²) in [4.78, 5) is 24.4. The van der Waals surface area contributed by atoms with E-state index >= 15 is 0 Å². The average Bonchev–Trinajstić information content (AvgIpc) is 2.59. The number of carbonyl (C=O) groups excluding carboxylic acids is 2. The zero-order valence-electron chi connectivity index (χ0n) is 12.6. The second kappa shape index (κ2) is 7.41. The Morgan fingerprint density at radius 2 is 1.59 bits per heavy atom. The topological polar surface area (TPSA) is 52.6 Å². The van der Waals surface area contributed by atoms with Crippen LogP contribution in [0, 0.1) is 0 Å². The van der Waals surface area contributed by atoms with E-state index in [0.717, 1.165) is 5.56 Å². The molecule has 0 fully saturated rings. The van der Waals surface area contributed by atoms with Gasteiger partial charge in [0.15, 0.2) is 5.78 Å². The minimum Gasteiger partial charge on any atom is -0.497 e. The highest BCUT2D eigenvalue weighted by Crippen LogP contribution is 2.24. The summed E-state index contributed by atoms with van der Waals surface area (Å²) in [5, 5.41) is 0. The number of Topliss-reactive ketones (excluding diaryl/α,β-unsaturated/α-hetero) is 1. The smallest absolute Gasteiger partial charge is 0.313 e. The van der Waals surface area contributed by atoms with Crippen molar-refractivity contribution < 1.29 is 19.1 Å². The van der Waals surface area contributed by atoms with Gasteiger partial charge in [-0.15, -0.1) is 0 Å². The number of ketones is 1. The minimum atomic E-state index is -0.596. The van der Waals surface area contributed by atoms with Crippen LogP contribution in [0.1, 0.15) is 28.3 Å². The van der Waals surface area contributed by atoms with E-state index in [-0.39, 0.29) is 12.2 Å². The van der Waals surface area contributed by atoms with Gasteiger partial charge < -0.3 is 9.47 Å². The summed E-state index contributed by atoms with van der Waals surface area (Å²) in [5.41, 5.74) is 1.32. The molecule has 0 N–H and O–H groups in total. The largest absolute Gasteiger partial charge is 0.497 e. The van der Waals surface area contributed by atoms with Crippen molar-refractivity contribution in [1.82, 2.24) is 0 Å². The number of esters is 1. The number of rotatable bonds is 6. The van der Waals surface area contributed by atoms with Gasteiger partial charge in [0.05, 0.1) is 20.1 Å². The van der Waals surface area contributed by atoms with Gasteiger partial charge in [0.2, 0.25) is 0 Å². The van der Waals surface area contributed by atoms with Crippen LogP contribution in [0.2, 0.25) is 0 Å². The molecule has 22 heavy (non-hydrogen) atoms. The molecule has 0 radical (unpaired) electrons. The van der Waals surface area contributed by atoms with Crippen molar-refractivity contribution in [2.24, 2.45) is 0 Å². The maximum absolute atomic E-state index is 12.4. The molecule has 0 bridgehead atoms. The lowest BCUT2D eigenvalue weighted by atomic mass is 9.91. The summed E-state index contributed by atoms with van der Waals surface area (Å²) >= 11 is 0. The third kappa shape index (κ3) is 3.73. The molecule has 0 unspecified atom stereocenters. The summed E-state index contributed by atoms with van der Waals surface area (Å²) in [6, 6.07) is 16.0. The Hall–Kier alpha value is -2.62. The van der Waals surface area contributed by atoms with Crippen molar-refractivity contribution in [3.05, 3.63) is 65.7 Å². The van der Waals surface area contributed by atoms with Crippen LogP contribution in [-0.4, -0.2) is 26.0 Å². The van der Waals surface area contributed by atoms with E-state index < -0.39 is 11.9 Å². The highest BCUT2D eigenvalue weighted by Gasteiger charge is 2.25. The molecule has 0 heterocycles. The Balaban J connectivity index is 2.19. The molecular weight excluding hydrogens is 280 g/mol. The number of carbonyl (C=O) groups is 2. The van der Waals surface area contributed by atoms with Crippen molar-refractivity contribution in [3.8, 4) is 5.75 Å². The van der Waals surface area contributed by atoms with Crippen LogP contribution in [-0.2, 0) is 9.53 Å². The molecule has 2 aromatic carbocycles.